The van der Waals surface area contributed by atoms with Crippen molar-refractivity contribution in [2.45, 2.75) is 43.3 Å². The van der Waals surface area contributed by atoms with Gasteiger partial charge in [0.05, 0.1) is 17.6 Å². The molecule has 1 amide bonds. The molecule has 0 aromatic heterocycles. The van der Waals surface area contributed by atoms with Crippen molar-refractivity contribution in [3.8, 4) is 0 Å². The molecule has 166 valence electrons. The molecule has 1 aliphatic heterocycles. The molecule has 0 radical (unpaired) electrons. The van der Waals surface area contributed by atoms with Gasteiger partial charge < -0.3 is 15.1 Å². The minimum atomic E-state index is -1.23. The molecule has 1 saturated heterocycles. The fourth-order valence-electron chi connectivity index (χ4n) is 4.60. The number of aryl methyl sites for hydroxylation is 1. The van der Waals surface area contributed by atoms with Crippen molar-refractivity contribution >= 4 is 5.91 Å². The van der Waals surface area contributed by atoms with Gasteiger partial charge in [0.15, 0.2) is 0 Å². The summed E-state index contributed by atoms with van der Waals surface area (Å²) < 4.78 is 0. The Bertz CT molecular complexity index is 999. The van der Waals surface area contributed by atoms with Gasteiger partial charge in [0.2, 0.25) is 5.91 Å². The molecule has 0 bridgehead atoms. The normalized spacial score (nSPS) is 17.5. The van der Waals surface area contributed by atoms with Crippen LogP contribution in [0.4, 0.5) is 0 Å². The number of benzene rings is 3. The van der Waals surface area contributed by atoms with E-state index in [9.17, 15) is 15.0 Å². The molecule has 3 aromatic rings. The predicted octanol–water partition coefficient (Wildman–Crippen LogP) is 4.41. The molecule has 0 aliphatic carbocycles. The minimum absolute atomic E-state index is 0.0353. The standard InChI is InChI=1S/C28H31NO3/c30-26(29-20-18-27(31,19-21-29)24-12-6-2-7-13-24)22-28(32,25-14-8-3-9-15-25)17-16-23-10-4-1-5-11-23/h1-15,31-32H,16-22H2/t28-/m1/s1. The molecule has 0 unspecified atom stereocenters. The SMILES string of the molecule is O=C(C[C@](O)(CCc1ccccc1)c1ccccc1)N1CCC(O)(c2ccccc2)CC1. The van der Waals surface area contributed by atoms with Crippen molar-refractivity contribution in [3.63, 3.8) is 0 Å². The van der Waals surface area contributed by atoms with Gasteiger partial charge in [0.1, 0.15) is 0 Å². The van der Waals surface area contributed by atoms with Gasteiger partial charge in [-0.1, -0.05) is 91.0 Å². The second-order valence-corrected chi connectivity index (χ2v) is 8.84. The van der Waals surface area contributed by atoms with E-state index in [0.29, 0.717) is 38.8 Å². The number of hydrogen-bond donors (Lipinski definition) is 2. The Kier molecular flexibility index (Phi) is 6.73. The molecule has 4 heteroatoms. The van der Waals surface area contributed by atoms with Gasteiger partial charge in [-0.3, -0.25) is 4.79 Å². The van der Waals surface area contributed by atoms with Crippen molar-refractivity contribution in [1.29, 1.82) is 0 Å². The third kappa shape index (κ3) is 5.09. The number of rotatable bonds is 7. The number of amides is 1. The first-order chi connectivity index (χ1) is 15.5. The molecule has 1 heterocycles. The van der Waals surface area contributed by atoms with Gasteiger partial charge in [0, 0.05) is 13.1 Å². The smallest absolute Gasteiger partial charge is 0.225 e. The zero-order chi connectivity index (χ0) is 22.4. The van der Waals surface area contributed by atoms with Crippen LogP contribution in [0.15, 0.2) is 91.0 Å². The van der Waals surface area contributed by atoms with Crippen LogP contribution in [0, 0.1) is 0 Å². The summed E-state index contributed by atoms with van der Waals surface area (Å²) in [6.45, 7) is 0.960. The van der Waals surface area contributed by atoms with Crippen LogP contribution >= 0.6 is 0 Å². The van der Waals surface area contributed by atoms with E-state index in [-0.39, 0.29) is 12.3 Å². The lowest BCUT2D eigenvalue weighted by Gasteiger charge is -2.40. The Morgan fingerprint density at radius 3 is 1.97 bits per heavy atom. The molecule has 32 heavy (non-hydrogen) atoms. The number of nitrogens with zero attached hydrogens (tertiary/aromatic N) is 1. The summed E-state index contributed by atoms with van der Waals surface area (Å²) in [7, 11) is 0. The molecule has 0 saturated carbocycles. The topological polar surface area (TPSA) is 60.8 Å². The second-order valence-electron chi connectivity index (χ2n) is 8.84. The Labute approximate surface area is 190 Å². The first-order valence-electron chi connectivity index (χ1n) is 11.4. The molecule has 4 nitrogen and oxygen atoms in total. The van der Waals surface area contributed by atoms with Crippen molar-refractivity contribution in [3.05, 3.63) is 108 Å². The summed E-state index contributed by atoms with van der Waals surface area (Å²) in [5.74, 6) is -0.0699. The van der Waals surface area contributed by atoms with E-state index in [1.54, 1.807) is 4.90 Å². The number of likely N-dealkylation sites (tertiary alicyclic amines) is 1. The summed E-state index contributed by atoms with van der Waals surface area (Å²) in [5.41, 5.74) is 0.667. The van der Waals surface area contributed by atoms with Crippen LogP contribution in [0.5, 0.6) is 0 Å². The van der Waals surface area contributed by atoms with Gasteiger partial charge in [-0.2, -0.15) is 0 Å². The lowest BCUT2D eigenvalue weighted by molar-refractivity contribution is -0.141. The highest BCUT2D eigenvalue weighted by Gasteiger charge is 2.38. The maximum atomic E-state index is 13.2. The van der Waals surface area contributed by atoms with Crippen molar-refractivity contribution in [2.24, 2.45) is 0 Å². The molecule has 0 spiro atoms. The Hall–Kier alpha value is -2.95. The first-order valence-corrected chi connectivity index (χ1v) is 11.4. The molecule has 2 N–H and O–H groups in total. The predicted molar refractivity (Wildman–Crippen MR) is 126 cm³/mol. The number of carbonyl (C=O) groups excluding carboxylic acids is 1. The largest absolute Gasteiger partial charge is 0.385 e. The van der Waals surface area contributed by atoms with E-state index in [1.165, 1.54) is 0 Å². The fraction of sp³-hybridized carbons (Fsp3) is 0.321. The molecular formula is C28H31NO3. The van der Waals surface area contributed by atoms with E-state index in [1.807, 2.05) is 91.0 Å². The third-order valence-electron chi connectivity index (χ3n) is 6.68. The number of hydrogen-bond acceptors (Lipinski definition) is 3. The second kappa shape index (κ2) is 9.68. The maximum absolute atomic E-state index is 13.2. The quantitative estimate of drug-likeness (QED) is 0.585. The molecule has 4 rings (SSSR count). The number of carbonyl (C=O) groups is 1. The van der Waals surface area contributed by atoms with E-state index in [4.69, 9.17) is 0 Å². The highest BCUT2D eigenvalue weighted by Crippen LogP contribution is 2.35. The van der Waals surface area contributed by atoms with Crippen LogP contribution in [-0.4, -0.2) is 34.1 Å². The molecule has 1 aliphatic rings. The average Bonchev–Trinajstić information content (AvgIpc) is 2.85. The van der Waals surface area contributed by atoms with Crippen LogP contribution in [0.1, 0.15) is 42.4 Å². The van der Waals surface area contributed by atoms with Crippen LogP contribution in [0.3, 0.4) is 0 Å². The van der Waals surface area contributed by atoms with Crippen molar-refractivity contribution < 1.29 is 15.0 Å². The summed E-state index contributed by atoms with van der Waals surface area (Å²) in [5, 5.41) is 22.7. The van der Waals surface area contributed by atoms with Crippen LogP contribution < -0.4 is 0 Å². The molecule has 1 fully saturated rings. The van der Waals surface area contributed by atoms with E-state index >= 15 is 0 Å². The summed E-state index contributed by atoms with van der Waals surface area (Å²) in [6, 6.07) is 29.2. The Balaban J connectivity index is 1.45. The maximum Gasteiger partial charge on any atom is 0.225 e. The third-order valence-corrected chi connectivity index (χ3v) is 6.68. The van der Waals surface area contributed by atoms with Gasteiger partial charge in [-0.15, -0.1) is 0 Å². The van der Waals surface area contributed by atoms with E-state index in [2.05, 4.69) is 0 Å². The molecular weight excluding hydrogens is 398 g/mol. The zero-order valence-electron chi connectivity index (χ0n) is 18.4. The van der Waals surface area contributed by atoms with Gasteiger partial charge in [-0.05, 0) is 42.4 Å². The Morgan fingerprint density at radius 2 is 1.38 bits per heavy atom. The lowest BCUT2D eigenvalue weighted by Crippen LogP contribution is -2.47. The van der Waals surface area contributed by atoms with Crippen LogP contribution in [0.25, 0.3) is 0 Å². The zero-order valence-corrected chi connectivity index (χ0v) is 18.4. The van der Waals surface area contributed by atoms with Crippen LogP contribution in [-0.2, 0) is 22.4 Å². The van der Waals surface area contributed by atoms with Crippen LogP contribution in [0.2, 0.25) is 0 Å². The molecule has 1 atom stereocenters. The summed E-state index contributed by atoms with van der Waals surface area (Å²) >= 11 is 0. The van der Waals surface area contributed by atoms with E-state index < -0.39 is 11.2 Å². The average molecular weight is 430 g/mol. The highest BCUT2D eigenvalue weighted by atomic mass is 16.3. The number of piperidine rings is 1. The van der Waals surface area contributed by atoms with E-state index in [0.717, 1.165) is 16.7 Å². The Morgan fingerprint density at radius 1 is 0.844 bits per heavy atom. The lowest BCUT2D eigenvalue weighted by atomic mass is 9.82. The van der Waals surface area contributed by atoms with Gasteiger partial charge in [0.25, 0.3) is 0 Å². The highest BCUT2D eigenvalue weighted by molar-refractivity contribution is 5.77. The molecule has 3 aromatic carbocycles. The first kappa shape index (κ1) is 22.3. The summed E-state index contributed by atoms with van der Waals surface area (Å²) in [4.78, 5) is 15.0. The van der Waals surface area contributed by atoms with Gasteiger partial charge >= 0.3 is 0 Å². The summed E-state index contributed by atoms with van der Waals surface area (Å²) in [6.07, 6.45) is 2.18. The van der Waals surface area contributed by atoms with Crippen molar-refractivity contribution in [1.82, 2.24) is 4.90 Å². The van der Waals surface area contributed by atoms with Gasteiger partial charge in [-0.25, -0.2) is 0 Å². The minimum Gasteiger partial charge on any atom is -0.385 e. The van der Waals surface area contributed by atoms with Crippen molar-refractivity contribution in [2.75, 3.05) is 13.1 Å². The number of aliphatic hydroxyl groups is 2. The monoisotopic (exact) mass is 429 g/mol. The fourth-order valence-corrected chi connectivity index (χ4v) is 4.60.